The predicted molar refractivity (Wildman–Crippen MR) is 64.4 cm³/mol. The van der Waals surface area contributed by atoms with Gasteiger partial charge in [0.15, 0.2) is 0 Å². The van der Waals surface area contributed by atoms with E-state index in [0.29, 0.717) is 4.47 Å². The molecule has 0 aliphatic heterocycles. The van der Waals surface area contributed by atoms with Crippen molar-refractivity contribution in [3.05, 3.63) is 34.1 Å². The molecule has 5 nitrogen and oxygen atoms in total. The van der Waals surface area contributed by atoms with E-state index in [4.69, 9.17) is 5.11 Å². The average molecular weight is 320 g/mol. The summed E-state index contributed by atoms with van der Waals surface area (Å²) in [4.78, 5) is 21.4. The summed E-state index contributed by atoms with van der Waals surface area (Å²) in [6.07, 6.45) is 0. The monoisotopic (exact) mass is 319 g/mol. The Bertz CT molecular complexity index is 453. The molecule has 1 rings (SSSR count). The van der Waals surface area contributed by atoms with E-state index in [0.717, 1.165) is 5.56 Å². The predicted octanol–water partition coefficient (Wildman–Crippen LogP) is 1.31. The smallest absolute Gasteiger partial charge is 0.329 e. The molecule has 0 unspecified atom stereocenters. The lowest BCUT2D eigenvalue weighted by atomic mass is 10.2. The Morgan fingerprint density at radius 1 is 1.39 bits per heavy atom. The molecule has 1 aromatic rings. The molecule has 0 bridgehead atoms. The summed E-state index contributed by atoms with van der Waals surface area (Å²) in [6.45, 7) is -0.627. The molecule has 0 spiro atoms. The molecule has 0 aliphatic rings. The molecular weight excluding hydrogens is 309 g/mol. The third kappa shape index (κ3) is 5.24. The zero-order chi connectivity index (χ0) is 13.5. The van der Waals surface area contributed by atoms with E-state index in [1.54, 1.807) is 12.1 Å². The average Bonchev–Trinajstić information content (AvgIpc) is 2.30. The highest BCUT2D eigenvalue weighted by Gasteiger charge is 2.05. The number of carboxylic acids is 1. The van der Waals surface area contributed by atoms with E-state index < -0.39 is 18.5 Å². The van der Waals surface area contributed by atoms with Crippen molar-refractivity contribution in [3.8, 4) is 0 Å². The number of nitrogens with one attached hydrogen (secondary N) is 1. The number of rotatable bonds is 6. The van der Waals surface area contributed by atoms with Crippen LogP contribution in [0.5, 0.6) is 0 Å². The Labute approximate surface area is 111 Å². The molecule has 0 saturated heterocycles. The second-order valence-electron chi connectivity index (χ2n) is 3.41. The van der Waals surface area contributed by atoms with Crippen LogP contribution in [0.15, 0.2) is 22.7 Å². The Morgan fingerprint density at radius 3 is 2.72 bits per heavy atom. The highest BCUT2D eigenvalue weighted by molar-refractivity contribution is 9.10. The van der Waals surface area contributed by atoms with Crippen molar-refractivity contribution >= 4 is 27.8 Å². The number of hydrogen-bond donors (Lipinski definition) is 2. The molecule has 2 N–H and O–H groups in total. The number of benzene rings is 1. The minimum atomic E-state index is -1.13. The van der Waals surface area contributed by atoms with Crippen LogP contribution in [0, 0.1) is 5.82 Å². The van der Waals surface area contributed by atoms with Crippen molar-refractivity contribution in [1.29, 1.82) is 0 Å². The van der Waals surface area contributed by atoms with Crippen LogP contribution in [0.1, 0.15) is 5.56 Å². The van der Waals surface area contributed by atoms with Gasteiger partial charge in [-0.3, -0.25) is 4.79 Å². The summed E-state index contributed by atoms with van der Waals surface area (Å²) in [5.74, 6) is -1.95. The van der Waals surface area contributed by atoms with Gasteiger partial charge >= 0.3 is 5.97 Å². The van der Waals surface area contributed by atoms with Crippen molar-refractivity contribution in [2.24, 2.45) is 0 Å². The van der Waals surface area contributed by atoms with Crippen LogP contribution >= 0.6 is 15.9 Å². The first kappa shape index (κ1) is 14.6. The first-order valence-electron chi connectivity index (χ1n) is 4.99. The summed E-state index contributed by atoms with van der Waals surface area (Å²) < 4.78 is 17.9. The fraction of sp³-hybridized carbons (Fsp3) is 0.273. The normalized spacial score (nSPS) is 10.1. The SMILES string of the molecule is O=C(O)COCC(=O)NCc1ccc(F)c(Br)c1. The number of ether oxygens (including phenoxy) is 1. The van der Waals surface area contributed by atoms with E-state index in [-0.39, 0.29) is 19.0 Å². The van der Waals surface area contributed by atoms with Gasteiger partial charge in [0.05, 0.1) is 4.47 Å². The van der Waals surface area contributed by atoms with Gasteiger partial charge in [0.2, 0.25) is 5.91 Å². The van der Waals surface area contributed by atoms with E-state index in [9.17, 15) is 14.0 Å². The highest BCUT2D eigenvalue weighted by atomic mass is 79.9. The summed E-state index contributed by atoms with van der Waals surface area (Å²) in [5.41, 5.74) is 0.717. The Kier molecular flexibility index (Phi) is 5.73. The second-order valence-corrected chi connectivity index (χ2v) is 4.27. The molecule has 1 amide bonds. The molecule has 7 heteroatoms. The summed E-state index contributed by atoms with van der Waals surface area (Å²) in [5, 5.41) is 10.8. The number of carbonyl (C=O) groups is 2. The van der Waals surface area contributed by atoms with Gasteiger partial charge < -0.3 is 15.2 Å². The number of carboxylic acid groups (broad SMARTS) is 1. The number of amides is 1. The van der Waals surface area contributed by atoms with Crippen LogP contribution in [0.2, 0.25) is 0 Å². The number of hydrogen-bond acceptors (Lipinski definition) is 3. The Hall–Kier alpha value is -1.47. The van der Waals surface area contributed by atoms with Gasteiger partial charge in [0, 0.05) is 6.54 Å². The third-order valence-corrected chi connectivity index (χ3v) is 2.54. The van der Waals surface area contributed by atoms with Gasteiger partial charge in [0.25, 0.3) is 0 Å². The van der Waals surface area contributed by atoms with Crippen LogP contribution in [0.25, 0.3) is 0 Å². The van der Waals surface area contributed by atoms with Crippen LogP contribution < -0.4 is 5.32 Å². The van der Waals surface area contributed by atoms with Crippen LogP contribution in [0.3, 0.4) is 0 Å². The summed E-state index contributed by atoms with van der Waals surface area (Å²) in [6, 6.07) is 4.37. The Balaban J connectivity index is 2.33. The molecule has 0 saturated carbocycles. The molecule has 0 heterocycles. The van der Waals surface area contributed by atoms with Gasteiger partial charge in [-0.2, -0.15) is 0 Å². The lowest BCUT2D eigenvalue weighted by Gasteiger charge is -2.06. The van der Waals surface area contributed by atoms with Gasteiger partial charge in [-0.15, -0.1) is 0 Å². The lowest BCUT2D eigenvalue weighted by Crippen LogP contribution is -2.28. The third-order valence-electron chi connectivity index (χ3n) is 1.93. The van der Waals surface area contributed by atoms with Crippen molar-refractivity contribution < 1.29 is 23.8 Å². The van der Waals surface area contributed by atoms with E-state index >= 15 is 0 Å². The fourth-order valence-corrected chi connectivity index (χ4v) is 1.56. The zero-order valence-corrected chi connectivity index (χ0v) is 10.9. The first-order valence-corrected chi connectivity index (χ1v) is 5.78. The molecule has 98 valence electrons. The fourth-order valence-electron chi connectivity index (χ4n) is 1.13. The minimum Gasteiger partial charge on any atom is -0.480 e. The van der Waals surface area contributed by atoms with E-state index in [1.807, 2.05) is 0 Å². The summed E-state index contributed by atoms with van der Waals surface area (Å²) in [7, 11) is 0. The first-order chi connectivity index (χ1) is 8.49. The number of halogens is 2. The maximum absolute atomic E-state index is 12.9. The summed E-state index contributed by atoms with van der Waals surface area (Å²) >= 11 is 3.03. The largest absolute Gasteiger partial charge is 0.480 e. The van der Waals surface area contributed by atoms with E-state index in [1.165, 1.54) is 6.07 Å². The van der Waals surface area contributed by atoms with Crippen molar-refractivity contribution in [2.75, 3.05) is 13.2 Å². The zero-order valence-electron chi connectivity index (χ0n) is 9.28. The molecule has 1 aromatic carbocycles. The molecular formula is C11H11BrFNO4. The van der Waals surface area contributed by atoms with Crippen molar-refractivity contribution in [1.82, 2.24) is 5.32 Å². The molecule has 0 aliphatic carbocycles. The van der Waals surface area contributed by atoms with E-state index in [2.05, 4.69) is 26.0 Å². The molecule has 0 fully saturated rings. The van der Waals surface area contributed by atoms with Gasteiger partial charge in [-0.1, -0.05) is 6.07 Å². The lowest BCUT2D eigenvalue weighted by molar-refractivity contribution is -0.143. The maximum Gasteiger partial charge on any atom is 0.329 e. The topological polar surface area (TPSA) is 75.6 Å². The quantitative estimate of drug-likeness (QED) is 0.829. The van der Waals surface area contributed by atoms with Crippen molar-refractivity contribution in [3.63, 3.8) is 0 Å². The highest BCUT2D eigenvalue weighted by Crippen LogP contribution is 2.16. The molecule has 0 atom stereocenters. The van der Waals surface area contributed by atoms with Gasteiger partial charge in [-0.25, -0.2) is 9.18 Å². The van der Waals surface area contributed by atoms with Crippen LogP contribution in [-0.2, 0) is 20.9 Å². The minimum absolute atomic E-state index is 0.216. The standard InChI is InChI=1S/C11H11BrFNO4/c12-8-3-7(1-2-9(8)13)4-14-10(15)5-18-6-11(16)17/h1-3H,4-6H2,(H,14,15)(H,16,17). The number of carbonyl (C=O) groups excluding carboxylic acids is 1. The van der Waals surface area contributed by atoms with Crippen LogP contribution in [0.4, 0.5) is 4.39 Å². The number of aliphatic carboxylic acids is 1. The van der Waals surface area contributed by atoms with Crippen molar-refractivity contribution in [2.45, 2.75) is 6.54 Å². The Morgan fingerprint density at radius 2 is 2.11 bits per heavy atom. The molecule has 0 radical (unpaired) electrons. The molecule has 0 aromatic heterocycles. The van der Waals surface area contributed by atoms with Crippen LogP contribution in [-0.4, -0.2) is 30.2 Å². The maximum atomic E-state index is 12.9. The molecule has 18 heavy (non-hydrogen) atoms. The second kappa shape index (κ2) is 7.07. The van der Waals surface area contributed by atoms with Gasteiger partial charge in [-0.05, 0) is 33.6 Å². The van der Waals surface area contributed by atoms with Gasteiger partial charge in [0.1, 0.15) is 19.0 Å².